The van der Waals surface area contributed by atoms with Gasteiger partial charge in [-0.15, -0.1) is 0 Å². The van der Waals surface area contributed by atoms with Crippen LogP contribution in [0.25, 0.3) is 0 Å². The van der Waals surface area contributed by atoms with Crippen molar-refractivity contribution in [2.24, 2.45) is 0 Å². The van der Waals surface area contributed by atoms with Crippen LogP contribution in [0.1, 0.15) is 37.8 Å². The molecule has 27 heavy (non-hydrogen) atoms. The van der Waals surface area contributed by atoms with Crippen molar-refractivity contribution in [2.75, 3.05) is 31.6 Å². The third kappa shape index (κ3) is 5.98. The molecule has 1 fully saturated rings. The number of piperidine rings is 1. The second-order valence-electron chi connectivity index (χ2n) is 6.99. The Morgan fingerprint density at radius 3 is 2.26 bits per heavy atom. The number of hydrogen-bond donors (Lipinski definition) is 1. The summed E-state index contributed by atoms with van der Waals surface area (Å²) in [6.45, 7) is 8.59. The Hall–Kier alpha value is -2.57. The van der Waals surface area contributed by atoms with Gasteiger partial charge in [-0.1, -0.05) is 6.07 Å². The fraction of sp³-hybridized carbons (Fsp3) is 0.550. The third-order valence-corrected chi connectivity index (χ3v) is 4.66. The van der Waals surface area contributed by atoms with E-state index in [2.05, 4.69) is 5.32 Å². The van der Waals surface area contributed by atoms with E-state index in [9.17, 15) is 14.4 Å². The summed E-state index contributed by atoms with van der Waals surface area (Å²) in [6, 6.07) is 5.79. The van der Waals surface area contributed by atoms with Gasteiger partial charge in [0.05, 0.1) is 6.61 Å². The largest absolute Gasteiger partial charge is 0.450 e. The number of carbonyl (C=O) groups excluding carboxylic acids is 3. The maximum atomic E-state index is 12.5. The molecule has 0 spiro atoms. The molecule has 1 aromatic rings. The Morgan fingerprint density at radius 2 is 1.74 bits per heavy atom. The molecule has 0 unspecified atom stereocenters. The molecule has 1 aliphatic rings. The van der Waals surface area contributed by atoms with E-state index in [1.165, 1.54) is 6.92 Å². The predicted octanol–water partition coefficient (Wildman–Crippen LogP) is 2.71. The number of ether oxygens (including phenoxy) is 1. The normalized spacial score (nSPS) is 14.6. The van der Waals surface area contributed by atoms with Crippen molar-refractivity contribution in [3.05, 3.63) is 29.3 Å². The highest BCUT2D eigenvalue weighted by atomic mass is 16.6. The Balaban J connectivity index is 1.94. The Kier molecular flexibility index (Phi) is 7.21. The van der Waals surface area contributed by atoms with Gasteiger partial charge in [0.25, 0.3) is 0 Å². The molecule has 0 radical (unpaired) electrons. The lowest BCUT2D eigenvalue weighted by Crippen LogP contribution is -2.50. The molecule has 1 aliphatic heterocycles. The van der Waals surface area contributed by atoms with Gasteiger partial charge in [0.2, 0.25) is 11.8 Å². The van der Waals surface area contributed by atoms with Gasteiger partial charge in [-0.3, -0.25) is 9.59 Å². The van der Waals surface area contributed by atoms with E-state index in [1.807, 2.05) is 32.0 Å². The molecule has 1 heterocycles. The summed E-state index contributed by atoms with van der Waals surface area (Å²) in [7, 11) is 0. The number of carbonyl (C=O) groups is 3. The monoisotopic (exact) mass is 375 g/mol. The predicted molar refractivity (Wildman–Crippen MR) is 104 cm³/mol. The van der Waals surface area contributed by atoms with E-state index in [0.717, 1.165) is 16.8 Å². The number of hydrogen-bond acceptors (Lipinski definition) is 4. The molecule has 0 aliphatic carbocycles. The fourth-order valence-electron chi connectivity index (χ4n) is 3.47. The van der Waals surface area contributed by atoms with Crippen LogP contribution in [0.3, 0.4) is 0 Å². The van der Waals surface area contributed by atoms with E-state index in [4.69, 9.17) is 4.74 Å². The maximum Gasteiger partial charge on any atom is 0.409 e. The number of likely N-dealkylation sites (tertiary alicyclic amines) is 1. The topological polar surface area (TPSA) is 79.0 Å². The number of amides is 3. The summed E-state index contributed by atoms with van der Waals surface area (Å²) in [5.74, 6) is -0.358. The summed E-state index contributed by atoms with van der Waals surface area (Å²) in [4.78, 5) is 39.6. The number of nitrogens with zero attached hydrogens (tertiary/aromatic N) is 2. The average Bonchev–Trinajstić information content (AvgIpc) is 2.59. The third-order valence-electron chi connectivity index (χ3n) is 4.66. The quantitative estimate of drug-likeness (QED) is 0.858. The van der Waals surface area contributed by atoms with Crippen molar-refractivity contribution in [3.8, 4) is 0 Å². The number of benzene rings is 1. The molecule has 148 valence electrons. The van der Waals surface area contributed by atoms with Gasteiger partial charge in [-0.2, -0.15) is 0 Å². The molecule has 1 N–H and O–H groups in total. The molecular formula is C20H29N3O4. The minimum atomic E-state index is -0.321. The molecule has 0 atom stereocenters. The van der Waals surface area contributed by atoms with Gasteiger partial charge in [0.15, 0.2) is 0 Å². The second kappa shape index (κ2) is 9.39. The van der Waals surface area contributed by atoms with E-state index < -0.39 is 0 Å². The van der Waals surface area contributed by atoms with Gasteiger partial charge in [-0.25, -0.2) is 4.79 Å². The van der Waals surface area contributed by atoms with E-state index in [0.29, 0.717) is 32.5 Å². The van der Waals surface area contributed by atoms with Crippen LogP contribution in [0, 0.1) is 13.8 Å². The zero-order chi connectivity index (χ0) is 20.0. The number of anilines is 1. The Bertz CT molecular complexity index is 676. The van der Waals surface area contributed by atoms with Crippen LogP contribution in [-0.2, 0) is 14.3 Å². The molecule has 7 heteroatoms. The van der Waals surface area contributed by atoms with Gasteiger partial charge in [0.1, 0.15) is 6.54 Å². The van der Waals surface area contributed by atoms with E-state index >= 15 is 0 Å². The summed E-state index contributed by atoms with van der Waals surface area (Å²) < 4.78 is 5.02. The molecule has 0 bridgehead atoms. The van der Waals surface area contributed by atoms with E-state index in [1.54, 1.807) is 16.7 Å². The van der Waals surface area contributed by atoms with Gasteiger partial charge in [-0.05, 0) is 56.9 Å². The van der Waals surface area contributed by atoms with Crippen molar-refractivity contribution in [2.45, 2.75) is 46.6 Å². The molecule has 0 aromatic heterocycles. The highest BCUT2D eigenvalue weighted by molar-refractivity contribution is 5.94. The van der Waals surface area contributed by atoms with Gasteiger partial charge >= 0.3 is 6.09 Å². The van der Waals surface area contributed by atoms with Crippen molar-refractivity contribution in [1.82, 2.24) is 9.80 Å². The first-order valence-corrected chi connectivity index (χ1v) is 9.37. The fourth-order valence-corrected chi connectivity index (χ4v) is 3.47. The second-order valence-corrected chi connectivity index (χ2v) is 6.99. The molecule has 3 amide bonds. The Morgan fingerprint density at radius 1 is 1.15 bits per heavy atom. The van der Waals surface area contributed by atoms with Crippen molar-refractivity contribution >= 4 is 23.6 Å². The first-order chi connectivity index (χ1) is 12.8. The first kappa shape index (κ1) is 20.7. The lowest BCUT2D eigenvalue weighted by Gasteiger charge is -2.37. The number of rotatable bonds is 5. The summed E-state index contributed by atoms with van der Waals surface area (Å²) >= 11 is 0. The standard InChI is InChI=1S/C20H29N3O4/c1-5-27-20(26)22-8-6-18(7-9-22)23(16(4)24)13-19(25)21-17-11-14(2)10-15(3)12-17/h10-12,18H,5-9,13H2,1-4H3,(H,21,25). The van der Waals surface area contributed by atoms with Crippen LogP contribution in [0.4, 0.5) is 10.5 Å². The van der Waals surface area contributed by atoms with Gasteiger partial charge < -0.3 is 19.9 Å². The first-order valence-electron chi connectivity index (χ1n) is 9.37. The average molecular weight is 375 g/mol. The van der Waals surface area contributed by atoms with Crippen LogP contribution in [-0.4, -0.2) is 60.0 Å². The summed E-state index contributed by atoms with van der Waals surface area (Å²) in [5, 5.41) is 2.87. The lowest BCUT2D eigenvalue weighted by atomic mass is 10.0. The van der Waals surface area contributed by atoms with Crippen molar-refractivity contribution in [1.29, 1.82) is 0 Å². The number of aryl methyl sites for hydroxylation is 2. The maximum absolute atomic E-state index is 12.5. The van der Waals surface area contributed by atoms with Crippen LogP contribution in [0.15, 0.2) is 18.2 Å². The number of nitrogens with one attached hydrogen (secondary N) is 1. The molecular weight excluding hydrogens is 346 g/mol. The van der Waals surface area contributed by atoms with Crippen LogP contribution >= 0.6 is 0 Å². The highest BCUT2D eigenvalue weighted by Gasteiger charge is 2.29. The zero-order valence-electron chi connectivity index (χ0n) is 16.6. The van der Waals surface area contributed by atoms with E-state index in [-0.39, 0.29) is 30.5 Å². The van der Waals surface area contributed by atoms with Crippen LogP contribution in [0.5, 0.6) is 0 Å². The SMILES string of the molecule is CCOC(=O)N1CCC(N(CC(=O)Nc2cc(C)cc(C)c2)C(C)=O)CC1. The highest BCUT2D eigenvalue weighted by Crippen LogP contribution is 2.18. The van der Waals surface area contributed by atoms with Crippen LogP contribution < -0.4 is 5.32 Å². The molecule has 2 rings (SSSR count). The van der Waals surface area contributed by atoms with Gasteiger partial charge in [0, 0.05) is 31.7 Å². The molecule has 1 saturated heterocycles. The lowest BCUT2D eigenvalue weighted by molar-refractivity contribution is -0.136. The van der Waals surface area contributed by atoms with Crippen molar-refractivity contribution in [3.63, 3.8) is 0 Å². The molecule has 0 saturated carbocycles. The van der Waals surface area contributed by atoms with Crippen molar-refractivity contribution < 1.29 is 19.1 Å². The van der Waals surface area contributed by atoms with Crippen LogP contribution in [0.2, 0.25) is 0 Å². The molecule has 1 aromatic carbocycles. The Labute approximate surface area is 160 Å². The summed E-state index contributed by atoms with van der Waals surface area (Å²) in [5.41, 5.74) is 2.87. The summed E-state index contributed by atoms with van der Waals surface area (Å²) in [6.07, 6.45) is 0.947. The smallest absolute Gasteiger partial charge is 0.409 e. The molecule has 7 nitrogen and oxygen atoms in total. The minimum Gasteiger partial charge on any atom is -0.450 e. The minimum absolute atomic E-state index is 0.00635. The zero-order valence-corrected chi connectivity index (χ0v) is 16.6.